The van der Waals surface area contributed by atoms with Crippen molar-refractivity contribution >= 4 is 18.3 Å². The van der Waals surface area contributed by atoms with Gasteiger partial charge in [-0.15, -0.1) is 17.5 Å². The van der Waals surface area contributed by atoms with E-state index in [1.165, 1.54) is 12.0 Å². The summed E-state index contributed by atoms with van der Waals surface area (Å²) < 4.78 is 1.97. The van der Waals surface area contributed by atoms with E-state index in [4.69, 9.17) is 0 Å². The van der Waals surface area contributed by atoms with Gasteiger partial charge in [-0.1, -0.05) is 35.5 Å². The molecule has 4 rings (SSSR count). The molecule has 0 atom stereocenters. The summed E-state index contributed by atoms with van der Waals surface area (Å²) in [7, 11) is 0. The number of aromatic nitrogens is 3. The minimum atomic E-state index is 0. The normalized spacial score (nSPS) is 18.4. The summed E-state index contributed by atoms with van der Waals surface area (Å²) in [6, 6.07) is 11.0. The molecule has 2 fully saturated rings. The zero-order valence-electron chi connectivity index (χ0n) is 17.2. The number of aryl methyl sites for hydroxylation is 1. The summed E-state index contributed by atoms with van der Waals surface area (Å²) in [4.78, 5) is 15.0. The molecule has 2 aliphatic heterocycles. The molecule has 0 bridgehead atoms. The fourth-order valence-electron chi connectivity index (χ4n) is 4.53. The molecule has 29 heavy (non-hydrogen) atoms. The van der Waals surface area contributed by atoms with Crippen LogP contribution < -0.4 is 5.32 Å². The van der Waals surface area contributed by atoms with Gasteiger partial charge in [0.25, 0.3) is 5.91 Å². The molecule has 3 heterocycles. The van der Waals surface area contributed by atoms with Crippen molar-refractivity contribution in [2.75, 3.05) is 26.2 Å². The molecule has 2 aromatic rings. The van der Waals surface area contributed by atoms with Crippen molar-refractivity contribution in [1.82, 2.24) is 25.2 Å². The molecule has 1 aromatic carbocycles. The van der Waals surface area contributed by atoms with Crippen LogP contribution in [0.15, 0.2) is 30.3 Å². The van der Waals surface area contributed by atoms with Gasteiger partial charge in [0.05, 0.1) is 11.7 Å². The predicted octanol–water partition coefficient (Wildman–Crippen LogP) is 3.42. The average Bonchev–Trinajstić information content (AvgIpc) is 3.15. The number of carbonyl (C=O) groups is 1. The first kappa shape index (κ1) is 21.8. The molecule has 0 aliphatic carbocycles. The smallest absolute Gasteiger partial charge is 0.276 e. The van der Waals surface area contributed by atoms with Crippen molar-refractivity contribution in [2.45, 2.75) is 51.5 Å². The highest BCUT2D eigenvalue weighted by Gasteiger charge is 2.28. The maximum atomic E-state index is 13.0. The van der Waals surface area contributed by atoms with Gasteiger partial charge in [0.15, 0.2) is 5.69 Å². The molecule has 2 saturated heterocycles. The Morgan fingerprint density at radius 3 is 2.48 bits per heavy atom. The number of nitrogens with zero attached hydrogens (tertiary/aromatic N) is 4. The zero-order valence-corrected chi connectivity index (χ0v) is 18.0. The Bertz CT molecular complexity index is 780. The van der Waals surface area contributed by atoms with E-state index in [-0.39, 0.29) is 18.3 Å². The minimum absolute atomic E-state index is 0. The van der Waals surface area contributed by atoms with Gasteiger partial charge in [0, 0.05) is 13.1 Å². The van der Waals surface area contributed by atoms with Crippen LogP contribution in [0.2, 0.25) is 0 Å². The quantitative estimate of drug-likeness (QED) is 0.809. The van der Waals surface area contributed by atoms with E-state index in [0.29, 0.717) is 17.7 Å². The van der Waals surface area contributed by atoms with E-state index < -0.39 is 0 Å². The molecular formula is C22H32ClN5O. The summed E-state index contributed by atoms with van der Waals surface area (Å²) in [6.07, 6.45) is 6.59. The van der Waals surface area contributed by atoms with Crippen molar-refractivity contribution in [3.05, 3.63) is 47.3 Å². The first-order chi connectivity index (χ1) is 13.7. The molecule has 158 valence electrons. The van der Waals surface area contributed by atoms with Crippen molar-refractivity contribution in [3.63, 3.8) is 0 Å². The average molecular weight is 418 g/mol. The molecule has 1 N–H and O–H groups in total. The van der Waals surface area contributed by atoms with E-state index in [9.17, 15) is 4.79 Å². The Balaban J connectivity index is 0.00000240. The summed E-state index contributed by atoms with van der Waals surface area (Å²) >= 11 is 0. The first-order valence-corrected chi connectivity index (χ1v) is 10.7. The zero-order chi connectivity index (χ0) is 19.3. The fourth-order valence-corrected chi connectivity index (χ4v) is 4.53. The third kappa shape index (κ3) is 5.17. The minimum Gasteiger partial charge on any atom is -0.337 e. The van der Waals surface area contributed by atoms with Gasteiger partial charge in [0.1, 0.15) is 0 Å². The van der Waals surface area contributed by atoms with Crippen LogP contribution in [0.3, 0.4) is 0 Å². The van der Waals surface area contributed by atoms with Crippen molar-refractivity contribution < 1.29 is 4.79 Å². The van der Waals surface area contributed by atoms with Gasteiger partial charge in [-0.3, -0.25) is 4.79 Å². The van der Waals surface area contributed by atoms with E-state index in [0.717, 1.165) is 64.0 Å². The monoisotopic (exact) mass is 417 g/mol. The summed E-state index contributed by atoms with van der Waals surface area (Å²) in [6.45, 7) is 5.66. The highest BCUT2D eigenvalue weighted by atomic mass is 35.5. The summed E-state index contributed by atoms with van der Waals surface area (Å²) in [5.74, 6) is 0.759. The Morgan fingerprint density at radius 1 is 1.10 bits per heavy atom. The van der Waals surface area contributed by atoms with Gasteiger partial charge in [-0.2, -0.15) is 0 Å². The van der Waals surface area contributed by atoms with Gasteiger partial charge < -0.3 is 10.2 Å². The maximum Gasteiger partial charge on any atom is 0.276 e. The topological polar surface area (TPSA) is 63.1 Å². The third-order valence-electron chi connectivity index (χ3n) is 6.37. The molecule has 6 nitrogen and oxygen atoms in total. The number of hydrogen-bond acceptors (Lipinski definition) is 4. The molecule has 2 aliphatic rings. The van der Waals surface area contributed by atoms with Gasteiger partial charge >= 0.3 is 0 Å². The standard InChI is InChI=1S/C22H31N5O.ClH/c1-17-21(24-25-27(17)20-9-13-23-14-10-20)22(28)26-15-11-19(12-16-26)8-7-18-5-3-2-4-6-18;/h2-6,19-20,23H,7-16H2,1H3;1H. The van der Waals surface area contributed by atoms with Crippen LogP contribution in [0.4, 0.5) is 0 Å². The number of piperidine rings is 2. The number of hydrogen-bond donors (Lipinski definition) is 1. The highest BCUT2D eigenvalue weighted by Crippen LogP contribution is 2.25. The number of benzene rings is 1. The molecule has 1 aromatic heterocycles. The van der Waals surface area contributed by atoms with E-state index in [1.54, 1.807) is 0 Å². The second-order valence-corrected chi connectivity index (χ2v) is 8.21. The van der Waals surface area contributed by atoms with Crippen LogP contribution in [0.25, 0.3) is 0 Å². The number of amides is 1. The molecule has 0 spiro atoms. The van der Waals surface area contributed by atoms with Gasteiger partial charge in [-0.05, 0) is 70.0 Å². The summed E-state index contributed by atoms with van der Waals surface area (Å²) in [5, 5.41) is 12.0. The van der Waals surface area contributed by atoms with Crippen LogP contribution in [0, 0.1) is 12.8 Å². The Hall–Kier alpha value is -1.92. The SMILES string of the molecule is Cc1c(C(=O)N2CCC(CCc3ccccc3)CC2)nnn1C1CCNCC1.Cl. The third-order valence-corrected chi connectivity index (χ3v) is 6.37. The lowest BCUT2D eigenvalue weighted by Crippen LogP contribution is -2.39. The van der Waals surface area contributed by atoms with Crippen LogP contribution in [0.5, 0.6) is 0 Å². The van der Waals surface area contributed by atoms with Crippen LogP contribution in [-0.2, 0) is 6.42 Å². The number of carbonyl (C=O) groups excluding carboxylic acids is 1. The molecule has 1 amide bonds. The fraction of sp³-hybridized carbons (Fsp3) is 0.591. The van der Waals surface area contributed by atoms with Crippen LogP contribution in [-0.4, -0.2) is 52.0 Å². The van der Waals surface area contributed by atoms with Gasteiger partial charge in [-0.25, -0.2) is 4.68 Å². The van der Waals surface area contributed by atoms with E-state index >= 15 is 0 Å². The molecule has 0 radical (unpaired) electrons. The molecule has 0 saturated carbocycles. The van der Waals surface area contributed by atoms with Crippen molar-refractivity contribution in [1.29, 1.82) is 0 Å². The van der Waals surface area contributed by atoms with E-state index in [2.05, 4.69) is 46.0 Å². The Morgan fingerprint density at radius 2 is 1.79 bits per heavy atom. The predicted molar refractivity (Wildman–Crippen MR) is 117 cm³/mol. The largest absolute Gasteiger partial charge is 0.337 e. The van der Waals surface area contributed by atoms with Crippen LogP contribution in [0.1, 0.15) is 59.9 Å². The number of halogens is 1. The molecule has 7 heteroatoms. The second-order valence-electron chi connectivity index (χ2n) is 8.21. The number of likely N-dealkylation sites (tertiary alicyclic amines) is 1. The van der Waals surface area contributed by atoms with Gasteiger partial charge in [0.2, 0.25) is 0 Å². The molecular weight excluding hydrogens is 386 g/mol. The van der Waals surface area contributed by atoms with Crippen LogP contribution >= 0.6 is 12.4 Å². The maximum absolute atomic E-state index is 13.0. The van der Waals surface area contributed by atoms with E-state index in [1.807, 2.05) is 16.5 Å². The lowest BCUT2D eigenvalue weighted by atomic mass is 9.90. The Kier molecular flexibility index (Phi) is 7.67. The van der Waals surface area contributed by atoms with Crippen molar-refractivity contribution in [3.8, 4) is 0 Å². The molecule has 0 unspecified atom stereocenters. The number of rotatable bonds is 5. The Labute approximate surface area is 179 Å². The first-order valence-electron chi connectivity index (χ1n) is 10.7. The highest BCUT2D eigenvalue weighted by molar-refractivity contribution is 5.93. The lowest BCUT2D eigenvalue weighted by Gasteiger charge is -2.31. The van der Waals surface area contributed by atoms with Crippen molar-refractivity contribution in [2.24, 2.45) is 5.92 Å². The summed E-state index contributed by atoms with van der Waals surface area (Å²) in [5.41, 5.74) is 2.87. The second kappa shape index (κ2) is 10.2. The lowest BCUT2D eigenvalue weighted by molar-refractivity contribution is 0.0680. The number of nitrogens with one attached hydrogen (secondary N) is 1.